The summed E-state index contributed by atoms with van der Waals surface area (Å²) in [4.78, 5) is 16.9. The molecule has 0 unspecified atom stereocenters. The zero-order chi connectivity index (χ0) is 18.5. The van der Waals surface area contributed by atoms with Crippen molar-refractivity contribution in [2.75, 3.05) is 33.2 Å². The molecular formula is C21H31N3O2. The third kappa shape index (κ3) is 4.46. The molecule has 3 rings (SSSR count). The van der Waals surface area contributed by atoms with Gasteiger partial charge in [-0.15, -0.1) is 0 Å². The second-order valence-corrected chi connectivity index (χ2v) is 7.30. The number of para-hydroxylation sites is 1. The van der Waals surface area contributed by atoms with E-state index in [0.717, 1.165) is 62.2 Å². The number of carbonyl (C=O) groups is 1. The highest BCUT2D eigenvalue weighted by Gasteiger charge is 2.21. The number of aryl methyl sites for hydroxylation is 1. The maximum Gasteiger partial charge on any atom is 0.234 e. The molecule has 0 saturated carbocycles. The first-order chi connectivity index (χ1) is 12.6. The Kier molecular flexibility index (Phi) is 6.33. The summed E-state index contributed by atoms with van der Waals surface area (Å²) in [6.07, 6.45) is 2.96. The Hall–Kier alpha value is -1.85. The predicted octanol–water partition coefficient (Wildman–Crippen LogP) is 3.03. The van der Waals surface area contributed by atoms with Crippen molar-refractivity contribution < 1.29 is 9.21 Å². The maximum absolute atomic E-state index is 12.4. The van der Waals surface area contributed by atoms with Crippen molar-refractivity contribution >= 4 is 16.9 Å². The summed E-state index contributed by atoms with van der Waals surface area (Å²) in [5, 5.41) is 4.37. The molecule has 0 radical (unpaired) electrons. The molecule has 26 heavy (non-hydrogen) atoms. The lowest BCUT2D eigenvalue weighted by atomic mass is 10.1. The van der Waals surface area contributed by atoms with Crippen LogP contribution < -0.4 is 5.32 Å². The molecule has 5 nitrogen and oxygen atoms in total. The maximum atomic E-state index is 12.4. The standard InChI is InChI=1S/C21H31N3O2/c1-4-19-18(17-8-6-7-9-20(17)26-19)14-23(3)15-21(25)22-16-10-12-24(5-2)13-11-16/h6-9,16H,4-5,10-15H2,1-3H3,(H,22,25). The molecule has 1 saturated heterocycles. The van der Waals surface area contributed by atoms with Gasteiger partial charge < -0.3 is 14.6 Å². The van der Waals surface area contributed by atoms with Crippen LogP contribution in [0.25, 0.3) is 11.0 Å². The molecule has 0 spiro atoms. The van der Waals surface area contributed by atoms with Gasteiger partial charge in [0.1, 0.15) is 11.3 Å². The molecule has 142 valence electrons. The first-order valence-corrected chi connectivity index (χ1v) is 9.80. The van der Waals surface area contributed by atoms with Crippen molar-refractivity contribution in [3.8, 4) is 0 Å². The molecule has 0 atom stereocenters. The van der Waals surface area contributed by atoms with E-state index >= 15 is 0 Å². The van der Waals surface area contributed by atoms with Crippen LogP contribution in [0.15, 0.2) is 28.7 Å². The molecule has 5 heteroatoms. The van der Waals surface area contributed by atoms with Crippen molar-refractivity contribution in [2.24, 2.45) is 0 Å². The summed E-state index contributed by atoms with van der Waals surface area (Å²) in [6, 6.07) is 8.46. The van der Waals surface area contributed by atoms with Crippen molar-refractivity contribution in [3.05, 3.63) is 35.6 Å². The summed E-state index contributed by atoms with van der Waals surface area (Å²) in [7, 11) is 2.00. The van der Waals surface area contributed by atoms with E-state index in [0.29, 0.717) is 12.6 Å². The van der Waals surface area contributed by atoms with Gasteiger partial charge in [-0.05, 0) is 32.5 Å². The number of piperidine rings is 1. The lowest BCUT2D eigenvalue weighted by Gasteiger charge is -2.31. The number of amides is 1. The van der Waals surface area contributed by atoms with Crippen molar-refractivity contribution in [3.63, 3.8) is 0 Å². The second kappa shape index (κ2) is 8.69. The van der Waals surface area contributed by atoms with Gasteiger partial charge in [-0.1, -0.05) is 32.0 Å². The largest absolute Gasteiger partial charge is 0.461 e. The molecule has 1 aromatic heterocycles. The average molecular weight is 357 g/mol. The summed E-state index contributed by atoms with van der Waals surface area (Å²) < 4.78 is 5.96. The number of nitrogens with zero attached hydrogens (tertiary/aromatic N) is 2. The number of nitrogens with one attached hydrogen (secondary N) is 1. The predicted molar refractivity (Wildman–Crippen MR) is 105 cm³/mol. The molecule has 1 aromatic carbocycles. The smallest absolute Gasteiger partial charge is 0.234 e. The van der Waals surface area contributed by atoms with Crippen molar-refractivity contribution in [2.45, 2.75) is 45.7 Å². The van der Waals surface area contributed by atoms with Crippen LogP contribution in [0.5, 0.6) is 0 Å². The monoisotopic (exact) mass is 357 g/mol. The number of benzene rings is 1. The fourth-order valence-corrected chi connectivity index (χ4v) is 3.85. The molecule has 0 bridgehead atoms. The van der Waals surface area contributed by atoms with E-state index in [-0.39, 0.29) is 5.91 Å². The van der Waals surface area contributed by atoms with Gasteiger partial charge in [-0.25, -0.2) is 0 Å². The van der Waals surface area contributed by atoms with Crippen LogP contribution in [0.2, 0.25) is 0 Å². The topological polar surface area (TPSA) is 48.7 Å². The summed E-state index contributed by atoms with van der Waals surface area (Å²) in [5.74, 6) is 1.14. The lowest BCUT2D eigenvalue weighted by Crippen LogP contribution is -2.46. The lowest BCUT2D eigenvalue weighted by molar-refractivity contribution is -0.123. The third-order valence-electron chi connectivity index (χ3n) is 5.34. The summed E-state index contributed by atoms with van der Waals surface area (Å²) in [6.45, 7) is 8.70. The normalized spacial score (nSPS) is 16.5. The van der Waals surface area contributed by atoms with Crippen LogP contribution in [-0.4, -0.2) is 55.0 Å². The third-order valence-corrected chi connectivity index (χ3v) is 5.34. The van der Waals surface area contributed by atoms with E-state index in [1.54, 1.807) is 0 Å². The fraction of sp³-hybridized carbons (Fsp3) is 0.571. The highest BCUT2D eigenvalue weighted by molar-refractivity contribution is 5.82. The zero-order valence-corrected chi connectivity index (χ0v) is 16.3. The highest BCUT2D eigenvalue weighted by Crippen LogP contribution is 2.27. The van der Waals surface area contributed by atoms with Gasteiger partial charge in [-0.2, -0.15) is 0 Å². The van der Waals surface area contributed by atoms with Crippen LogP contribution >= 0.6 is 0 Å². The Balaban J connectivity index is 1.56. The number of furan rings is 1. The van der Waals surface area contributed by atoms with Gasteiger partial charge in [0.25, 0.3) is 0 Å². The summed E-state index contributed by atoms with van der Waals surface area (Å²) in [5.41, 5.74) is 2.13. The SMILES string of the molecule is CCc1oc2ccccc2c1CN(C)CC(=O)NC1CCN(CC)CC1. The molecular weight excluding hydrogens is 326 g/mol. The van der Waals surface area contributed by atoms with Gasteiger partial charge in [0.15, 0.2) is 0 Å². The molecule has 0 aliphatic carbocycles. The van der Waals surface area contributed by atoms with E-state index in [1.807, 2.05) is 25.2 Å². The Labute approximate surface area is 156 Å². The van der Waals surface area contributed by atoms with E-state index in [1.165, 1.54) is 5.56 Å². The first kappa shape index (κ1) is 18.9. The molecule has 1 aliphatic rings. The number of rotatable bonds is 7. The van der Waals surface area contributed by atoms with Crippen LogP contribution in [0.3, 0.4) is 0 Å². The second-order valence-electron chi connectivity index (χ2n) is 7.30. The van der Waals surface area contributed by atoms with Crippen LogP contribution in [0.1, 0.15) is 38.0 Å². The summed E-state index contributed by atoms with van der Waals surface area (Å²) >= 11 is 0. The van der Waals surface area contributed by atoms with Gasteiger partial charge in [0.05, 0.1) is 6.54 Å². The van der Waals surface area contributed by atoms with E-state index in [4.69, 9.17) is 4.42 Å². The number of hydrogen-bond acceptors (Lipinski definition) is 4. The van der Waals surface area contributed by atoms with Crippen LogP contribution in [-0.2, 0) is 17.8 Å². The van der Waals surface area contributed by atoms with Gasteiger partial charge in [-0.3, -0.25) is 9.69 Å². The first-order valence-electron chi connectivity index (χ1n) is 9.80. The van der Waals surface area contributed by atoms with Crippen LogP contribution in [0, 0.1) is 0 Å². The number of hydrogen-bond donors (Lipinski definition) is 1. The quantitative estimate of drug-likeness (QED) is 0.827. The van der Waals surface area contributed by atoms with E-state index in [2.05, 4.69) is 35.0 Å². The Morgan fingerprint density at radius 1 is 1.27 bits per heavy atom. The van der Waals surface area contributed by atoms with Crippen LogP contribution in [0.4, 0.5) is 0 Å². The minimum atomic E-state index is 0.119. The fourth-order valence-electron chi connectivity index (χ4n) is 3.85. The number of fused-ring (bicyclic) bond motifs is 1. The molecule has 2 aromatic rings. The molecule has 1 fully saturated rings. The van der Waals surface area contributed by atoms with Gasteiger partial charge in [0, 0.05) is 43.0 Å². The van der Waals surface area contributed by atoms with Gasteiger partial charge >= 0.3 is 0 Å². The minimum Gasteiger partial charge on any atom is -0.461 e. The Morgan fingerprint density at radius 3 is 2.69 bits per heavy atom. The Morgan fingerprint density at radius 2 is 2.00 bits per heavy atom. The molecule has 2 heterocycles. The zero-order valence-electron chi connectivity index (χ0n) is 16.3. The van der Waals surface area contributed by atoms with Crippen molar-refractivity contribution in [1.82, 2.24) is 15.1 Å². The van der Waals surface area contributed by atoms with Gasteiger partial charge in [0.2, 0.25) is 5.91 Å². The number of carbonyl (C=O) groups excluding carboxylic acids is 1. The highest BCUT2D eigenvalue weighted by atomic mass is 16.3. The van der Waals surface area contributed by atoms with Crippen molar-refractivity contribution in [1.29, 1.82) is 0 Å². The number of likely N-dealkylation sites (tertiary alicyclic amines) is 1. The van der Waals surface area contributed by atoms with E-state index < -0.39 is 0 Å². The number of likely N-dealkylation sites (N-methyl/N-ethyl adjacent to an activating group) is 1. The minimum absolute atomic E-state index is 0.119. The average Bonchev–Trinajstić information content (AvgIpc) is 3.00. The molecule has 1 aliphatic heterocycles. The molecule has 1 N–H and O–H groups in total. The molecule has 1 amide bonds. The van der Waals surface area contributed by atoms with E-state index in [9.17, 15) is 4.79 Å². The Bertz CT molecular complexity index is 732.